The van der Waals surface area contributed by atoms with Crippen LogP contribution in [0.2, 0.25) is 0 Å². The summed E-state index contributed by atoms with van der Waals surface area (Å²) in [4.78, 5) is 0. The topological polar surface area (TPSA) is 29.9 Å². The summed E-state index contributed by atoms with van der Waals surface area (Å²) in [6.45, 7) is 0.484. The molecular weight excluding hydrogens is 231 g/mol. The summed E-state index contributed by atoms with van der Waals surface area (Å²) in [6, 6.07) is 2.87. The standard InChI is InChI=1S/C11H10F3N3/c1-15-6-8-2-3-17(16-8)11-9(13)4-7(12)5-10(11)14/h2-5,15H,6H2,1H3. The molecule has 0 aliphatic heterocycles. The van der Waals surface area contributed by atoms with E-state index in [4.69, 9.17) is 0 Å². The van der Waals surface area contributed by atoms with Crippen molar-refractivity contribution < 1.29 is 13.2 Å². The fraction of sp³-hybridized carbons (Fsp3) is 0.182. The number of hydrogen-bond donors (Lipinski definition) is 1. The average Bonchev–Trinajstić information content (AvgIpc) is 2.65. The highest BCUT2D eigenvalue weighted by molar-refractivity contribution is 5.35. The van der Waals surface area contributed by atoms with E-state index in [1.165, 1.54) is 6.20 Å². The van der Waals surface area contributed by atoms with Crippen LogP contribution in [0.5, 0.6) is 0 Å². The van der Waals surface area contributed by atoms with Crippen LogP contribution < -0.4 is 5.32 Å². The van der Waals surface area contributed by atoms with Crippen molar-refractivity contribution in [3.8, 4) is 5.69 Å². The molecule has 0 fully saturated rings. The van der Waals surface area contributed by atoms with Gasteiger partial charge in [0.25, 0.3) is 0 Å². The van der Waals surface area contributed by atoms with Gasteiger partial charge in [0.1, 0.15) is 11.5 Å². The third-order valence-corrected chi connectivity index (χ3v) is 2.21. The van der Waals surface area contributed by atoms with Crippen molar-refractivity contribution in [3.05, 3.63) is 47.5 Å². The summed E-state index contributed by atoms with van der Waals surface area (Å²) in [6.07, 6.45) is 1.42. The lowest BCUT2D eigenvalue weighted by Crippen LogP contribution is -2.08. The Morgan fingerprint density at radius 1 is 1.24 bits per heavy atom. The van der Waals surface area contributed by atoms with E-state index in [0.29, 0.717) is 24.4 Å². The van der Waals surface area contributed by atoms with E-state index >= 15 is 0 Å². The molecule has 2 aromatic rings. The zero-order chi connectivity index (χ0) is 12.4. The second-order valence-corrected chi connectivity index (χ2v) is 3.50. The molecule has 2 rings (SSSR count). The largest absolute Gasteiger partial charge is 0.314 e. The minimum absolute atomic E-state index is 0.381. The minimum atomic E-state index is -0.985. The fourth-order valence-corrected chi connectivity index (χ4v) is 1.52. The molecule has 90 valence electrons. The minimum Gasteiger partial charge on any atom is -0.314 e. The molecule has 0 bridgehead atoms. The maximum atomic E-state index is 13.4. The molecular formula is C11H10F3N3. The zero-order valence-corrected chi connectivity index (χ0v) is 9.04. The van der Waals surface area contributed by atoms with Crippen molar-refractivity contribution in [3.63, 3.8) is 0 Å². The van der Waals surface area contributed by atoms with Gasteiger partial charge in [-0.2, -0.15) is 5.10 Å². The fourth-order valence-electron chi connectivity index (χ4n) is 1.52. The Bertz CT molecular complexity index is 514. The summed E-state index contributed by atoms with van der Waals surface area (Å²) in [5.74, 6) is -2.92. The first-order valence-electron chi connectivity index (χ1n) is 4.96. The molecule has 1 N–H and O–H groups in total. The Kier molecular flexibility index (Phi) is 3.14. The van der Waals surface area contributed by atoms with Crippen LogP contribution >= 0.6 is 0 Å². The van der Waals surface area contributed by atoms with Gasteiger partial charge < -0.3 is 5.32 Å². The Balaban J connectivity index is 2.45. The van der Waals surface area contributed by atoms with Gasteiger partial charge in [-0.1, -0.05) is 0 Å². The van der Waals surface area contributed by atoms with E-state index in [2.05, 4.69) is 10.4 Å². The van der Waals surface area contributed by atoms with Gasteiger partial charge in [-0.3, -0.25) is 0 Å². The van der Waals surface area contributed by atoms with Crippen molar-refractivity contribution in [1.82, 2.24) is 15.1 Å². The van der Waals surface area contributed by atoms with E-state index in [0.717, 1.165) is 4.68 Å². The van der Waals surface area contributed by atoms with Crippen LogP contribution in [0.3, 0.4) is 0 Å². The summed E-state index contributed by atoms with van der Waals surface area (Å²) < 4.78 is 40.7. The van der Waals surface area contributed by atoms with Crippen molar-refractivity contribution in [2.24, 2.45) is 0 Å². The van der Waals surface area contributed by atoms with E-state index < -0.39 is 17.5 Å². The first-order chi connectivity index (χ1) is 8.11. The van der Waals surface area contributed by atoms with Crippen LogP contribution in [0.25, 0.3) is 5.69 Å². The average molecular weight is 241 g/mol. The Hall–Kier alpha value is -1.82. The summed E-state index contributed by atoms with van der Waals surface area (Å²) >= 11 is 0. The SMILES string of the molecule is CNCc1ccn(-c2c(F)cc(F)cc2F)n1. The smallest absolute Gasteiger partial charge is 0.154 e. The van der Waals surface area contributed by atoms with Crippen LogP contribution in [0.15, 0.2) is 24.4 Å². The molecule has 0 atom stereocenters. The number of halogens is 3. The summed E-state index contributed by atoms with van der Waals surface area (Å²) in [5, 5.41) is 6.84. The lowest BCUT2D eigenvalue weighted by atomic mass is 10.3. The Morgan fingerprint density at radius 2 is 1.88 bits per heavy atom. The molecule has 0 aliphatic carbocycles. The number of nitrogens with one attached hydrogen (secondary N) is 1. The predicted molar refractivity (Wildman–Crippen MR) is 56.2 cm³/mol. The second-order valence-electron chi connectivity index (χ2n) is 3.50. The summed E-state index contributed by atoms with van der Waals surface area (Å²) in [7, 11) is 1.73. The monoisotopic (exact) mass is 241 g/mol. The van der Waals surface area contributed by atoms with Gasteiger partial charge in [-0.25, -0.2) is 17.9 Å². The molecule has 0 saturated carbocycles. The van der Waals surface area contributed by atoms with Gasteiger partial charge in [0.2, 0.25) is 0 Å². The van der Waals surface area contributed by atoms with Crippen LogP contribution in [0.1, 0.15) is 5.69 Å². The van der Waals surface area contributed by atoms with Gasteiger partial charge in [-0.05, 0) is 13.1 Å². The molecule has 3 nitrogen and oxygen atoms in total. The summed E-state index contributed by atoms with van der Waals surface area (Å²) in [5.41, 5.74) is 0.254. The van der Waals surface area contributed by atoms with Gasteiger partial charge in [0, 0.05) is 24.9 Å². The highest BCUT2D eigenvalue weighted by Crippen LogP contribution is 2.18. The normalized spacial score (nSPS) is 10.8. The highest BCUT2D eigenvalue weighted by atomic mass is 19.1. The maximum absolute atomic E-state index is 13.4. The molecule has 0 amide bonds. The van der Waals surface area contributed by atoms with Gasteiger partial charge in [0.15, 0.2) is 11.6 Å². The highest BCUT2D eigenvalue weighted by Gasteiger charge is 2.14. The van der Waals surface area contributed by atoms with Crippen molar-refractivity contribution in [2.45, 2.75) is 6.54 Å². The molecule has 0 unspecified atom stereocenters. The first-order valence-corrected chi connectivity index (χ1v) is 4.96. The Morgan fingerprint density at radius 3 is 2.47 bits per heavy atom. The number of nitrogens with zero attached hydrogens (tertiary/aromatic N) is 2. The number of benzene rings is 1. The van der Waals surface area contributed by atoms with Gasteiger partial charge in [-0.15, -0.1) is 0 Å². The molecule has 0 aliphatic rings. The second kappa shape index (κ2) is 4.58. The van der Waals surface area contributed by atoms with E-state index in [1.807, 2.05) is 0 Å². The first kappa shape index (κ1) is 11.7. The van der Waals surface area contributed by atoms with Gasteiger partial charge >= 0.3 is 0 Å². The molecule has 1 aromatic carbocycles. The predicted octanol–water partition coefficient (Wildman–Crippen LogP) is 2.01. The third kappa shape index (κ3) is 2.31. The molecule has 17 heavy (non-hydrogen) atoms. The third-order valence-electron chi connectivity index (χ3n) is 2.21. The number of rotatable bonds is 3. The zero-order valence-electron chi connectivity index (χ0n) is 9.04. The number of hydrogen-bond acceptors (Lipinski definition) is 2. The van der Waals surface area contributed by atoms with Crippen molar-refractivity contribution in [1.29, 1.82) is 0 Å². The van der Waals surface area contributed by atoms with Crippen LogP contribution in [0, 0.1) is 17.5 Å². The molecule has 0 spiro atoms. The molecule has 1 heterocycles. The van der Waals surface area contributed by atoms with E-state index in [1.54, 1.807) is 13.1 Å². The number of aromatic nitrogens is 2. The van der Waals surface area contributed by atoms with Crippen LogP contribution in [-0.2, 0) is 6.54 Å². The van der Waals surface area contributed by atoms with E-state index in [-0.39, 0.29) is 5.69 Å². The Labute approximate surface area is 95.9 Å². The maximum Gasteiger partial charge on any atom is 0.154 e. The molecule has 0 saturated heterocycles. The molecule has 1 aromatic heterocycles. The van der Waals surface area contributed by atoms with Gasteiger partial charge in [0.05, 0.1) is 5.69 Å². The lowest BCUT2D eigenvalue weighted by Gasteiger charge is -2.05. The van der Waals surface area contributed by atoms with Crippen LogP contribution in [0.4, 0.5) is 13.2 Å². The molecule has 6 heteroatoms. The van der Waals surface area contributed by atoms with E-state index in [9.17, 15) is 13.2 Å². The van der Waals surface area contributed by atoms with Crippen molar-refractivity contribution >= 4 is 0 Å². The van der Waals surface area contributed by atoms with Crippen LogP contribution in [-0.4, -0.2) is 16.8 Å². The quantitative estimate of drug-likeness (QED) is 0.890. The molecule has 0 radical (unpaired) electrons. The van der Waals surface area contributed by atoms with Crippen molar-refractivity contribution in [2.75, 3.05) is 7.05 Å². The lowest BCUT2D eigenvalue weighted by molar-refractivity contribution is 0.527.